The molecule has 3 rings (SSSR count). The van der Waals surface area contributed by atoms with Crippen molar-refractivity contribution in [1.29, 1.82) is 0 Å². The van der Waals surface area contributed by atoms with E-state index in [-0.39, 0.29) is 5.11 Å². The summed E-state index contributed by atoms with van der Waals surface area (Å²) in [5, 5.41) is 10.2. The third-order valence-corrected chi connectivity index (χ3v) is 5.07. The van der Waals surface area contributed by atoms with Gasteiger partial charge in [0.25, 0.3) is 0 Å². The van der Waals surface area contributed by atoms with Gasteiger partial charge in [-0.05, 0) is 38.2 Å². The van der Waals surface area contributed by atoms with E-state index in [1.165, 1.54) is 14.2 Å². The summed E-state index contributed by atoms with van der Waals surface area (Å²) in [5.74, 6) is -9.03. The molecule has 0 aliphatic rings. The van der Waals surface area contributed by atoms with Crippen molar-refractivity contribution in [1.82, 2.24) is 9.78 Å². The standard InChI is InChI=1S/C21H19F5N4O2S/c1-9-20(28-21(33)27-11-5-6-13(31-3)14(7-11)32-4)10(2)30(29-9)8-12-15(22)17(24)19(26)18(25)16(12)23/h5-7H,8H2,1-4H3,(H2,27,28,33). The fourth-order valence-electron chi connectivity index (χ4n) is 3.16. The molecule has 1 aromatic heterocycles. The van der Waals surface area contributed by atoms with Crippen molar-refractivity contribution in [3.8, 4) is 11.5 Å². The fraction of sp³-hybridized carbons (Fsp3) is 0.238. The lowest BCUT2D eigenvalue weighted by Crippen LogP contribution is -2.20. The number of nitrogens with one attached hydrogen (secondary N) is 2. The molecule has 6 nitrogen and oxygen atoms in total. The van der Waals surface area contributed by atoms with E-state index in [1.54, 1.807) is 32.0 Å². The number of nitrogens with zero attached hydrogens (tertiary/aromatic N) is 2. The first-order chi connectivity index (χ1) is 15.6. The maximum atomic E-state index is 14.1. The van der Waals surface area contributed by atoms with E-state index in [2.05, 4.69) is 15.7 Å². The Bertz CT molecular complexity index is 1200. The lowest BCUT2D eigenvalue weighted by Gasteiger charge is -2.14. The first kappa shape index (κ1) is 24.2. The van der Waals surface area contributed by atoms with Crippen LogP contribution >= 0.6 is 12.2 Å². The number of hydrogen-bond donors (Lipinski definition) is 2. The minimum atomic E-state index is -2.21. The number of aryl methyl sites for hydroxylation is 1. The average molecular weight is 486 g/mol. The predicted molar refractivity (Wildman–Crippen MR) is 116 cm³/mol. The van der Waals surface area contributed by atoms with E-state index in [9.17, 15) is 22.0 Å². The summed E-state index contributed by atoms with van der Waals surface area (Å²) in [6.07, 6.45) is 0. The molecule has 0 aliphatic carbocycles. The number of thiocarbonyl (C=S) groups is 1. The molecule has 0 saturated heterocycles. The number of rotatable bonds is 6. The monoisotopic (exact) mass is 486 g/mol. The van der Waals surface area contributed by atoms with Gasteiger partial charge in [-0.1, -0.05) is 0 Å². The van der Waals surface area contributed by atoms with Crippen molar-refractivity contribution >= 4 is 28.7 Å². The number of methoxy groups -OCH3 is 2. The Labute approximate surface area is 191 Å². The Hall–Kier alpha value is -3.41. The topological polar surface area (TPSA) is 60.3 Å². The lowest BCUT2D eigenvalue weighted by molar-refractivity contribution is 0.355. The fourth-order valence-corrected chi connectivity index (χ4v) is 3.38. The van der Waals surface area contributed by atoms with Gasteiger partial charge in [0.15, 0.2) is 39.9 Å². The van der Waals surface area contributed by atoms with E-state index in [0.717, 1.165) is 4.68 Å². The predicted octanol–water partition coefficient (Wildman–Crippen LogP) is 5.07. The Balaban J connectivity index is 1.83. The average Bonchev–Trinajstić information content (AvgIpc) is 3.06. The Morgan fingerprint density at radius 3 is 2.06 bits per heavy atom. The van der Waals surface area contributed by atoms with E-state index < -0.39 is 41.2 Å². The molecule has 2 aromatic carbocycles. The van der Waals surface area contributed by atoms with Crippen LogP contribution in [-0.2, 0) is 6.54 Å². The van der Waals surface area contributed by atoms with Gasteiger partial charge < -0.3 is 20.1 Å². The van der Waals surface area contributed by atoms with Crippen LogP contribution in [0.1, 0.15) is 17.0 Å². The molecule has 0 atom stereocenters. The zero-order valence-electron chi connectivity index (χ0n) is 17.9. The summed E-state index contributed by atoms with van der Waals surface area (Å²) in [6, 6.07) is 5.06. The Morgan fingerprint density at radius 1 is 0.909 bits per heavy atom. The van der Waals surface area contributed by atoms with Crippen LogP contribution in [0.15, 0.2) is 18.2 Å². The highest BCUT2D eigenvalue weighted by Crippen LogP contribution is 2.30. The van der Waals surface area contributed by atoms with Crippen LogP contribution in [0.25, 0.3) is 0 Å². The summed E-state index contributed by atoms with van der Waals surface area (Å²) < 4.78 is 80.0. The highest BCUT2D eigenvalue weighted by Gasteiger charge is 2.26. The Kier molecular flexibility index (Phi) is 7.06. The molecule has 0 spiro atoms. The van der Waals surface area contributed by atoms with Gasteiger partial charge >= 0.3 is 0 Å². The smallest absolute Gasteiger partial charge is 0.200 e. The van der Waals surface area contributed by atoms with E-state index >= 15 is 0 Å². The number of benzene rings is 2. The zero-order chi connectivity index (χ0) is 24.4. The molecular weight excluding hydrogens is 467 g/mol. The highest BCUT2D eigenvalue weighted by molar-refractivity contribution is 7.80. The van der Waals surface area contributed by atoms with Gasteiger partial charge in [-0.2, -0.15) is 5.10 Å². The maximum Gasteiger partial charge on any atom is 0.200 e. The van der Waals surface area contributed by atoms with E-state index in [0.29, 0.717) is 34.3 Å². The van der Waals surface area contributed by atoms with Crippen molar-refractivity contribution < 1.29 is 31.4 Å². The van der Waals surface area contributed by atoms with Crippen molar-refractivity contribution in [2.75, 3.05) is 24.9 Å². The third kappa shape index (κ3) is 4.70. The number of hydrogen-bond acceptors (Lipinski definition) is 4. The molecule has 0 amide bonds. The Morgan fingerprint density at radius 2 is 1.48 bits per heavy atom. The quantitative estimate of drug-likeness (QED) is 0.220. The molecule has 0 aliphatic heterocycles. The third-order valence-electron chi connectivity index (χ3n) is 4.87. The lowest BCUT2D eigenvalue weighted by atomic mass is 10.1. The van der Waals surface area contributed by atoms with Crippen LogP contribution in [-0.4, -0.2) is 29.1 Å². The van der Waals surface area contributed by atoms with Gasteiger partial charge in [-0.3, -0.25) is 4.68 Å². The summed E-state index contributed by atoms with van der Waals surface area (Å²) in [4.78, 5) is 0. The number of ether oxygens (including phenoxy) is 2. The summed E-state index contributed by atoms with van der Waals surface area (Å²) in [6.45, 7) is 2.49. The molecule has 0 radical (unpaired) electrons. The van der Waals surface area contributed by atoms with Crippen molar-refractivity contribution in [3.63, 3.8) is 0 Å². The maximum absolute atomic E-state index is 14.1. The van der Waals surface area contributed by atoms with Gasteiger partial charge in [0, 0.05) is 11.8 Å². The largest absolute Gasteiger partial charge is 0.493 e. The molecular formula is C21H19F5N4O2S. The van der Waals surface area contributed by atoms with Crippen LogP contribution in [0.4, 0.5) is 33.3 Å². The minimum absolute atomic E-state index is 0.171. The SMILES string of the molecule is COc1ccc(NC(=S)Nc2c(C)nn(Cc3c(F)c(F)c(F)c(F)c3F)c2C)cc1OC. The van der Waals surface area contributed by atoms with Crippen LogP contribution in [0.3, 0.4) is 0 Å². The van der Waals surface area contributed by atoms with E-state index in [1.807, 2.05) is 0 Å². The van der Waals surface area contributed by atoms with E-state index in [4.69, 9.17) is 21.7 Å². The first-order valence-electron chi connectivity index (χ1n) is 9.43. The molecule has 1 heterocycles. The number of aromatic nitrogens is 2. The molecule has 0 fully saturated rings. The molecule has 3 aromatic rings. The van der Waals surface area contributed by atoms with Crippen molar-refractivity contribution in [2.45, 2.75) is 20.4 Å². The van der Waals surface area contributed by atoms with Gasteiger partial charge in [0.05, 0.1) is 43.4 Å². The second-order valence-electron chi connectivity index (χ2n) is 6.90. The van der Waals surface area contributed by atoms with Crippen LogP contribution in [0.5, 0.6) is 11.5 Å². The minimum Gasteiger partial charge on any atom is -0.493 e. The van der Waals surface area contributed by atoms with Crippen molar-refractivity contribution in [3.05, 3.63) is 64.2 Å². The summed E-state index contributed by atoms with van der Waals surface area (Å²) in [5.41, 5.74) is 0.779. The van der Waals surface area contributed by atoms with Gasteiger partial charge in [0.2, 0.25) is 5.82 Å². The summed E-state index contributed by atoms with van der Waals surface area (Å²) in [7, 11) is 3.00. The molecule has 0 bridgehead atoms. The second-order valence-corrected chi connectivity index (χ2v) is 7.31. The molecule has 0 saturated carbocycles. The van der Waals surface area contributed by atoms with Crippen LogP contribution in [0.2, 0.25) is 0 Å². The van der Waals surface area contributed by atoms with Crippen molar-refractivity contribution in [2.24, 2.45) is 0 Å². The van der Waals surface area contributed by atoms with Crippen LogP contribution < -0.4 is 20.1 Å². The molecule has 0 unspecified atom stereocenters. The molecule has 33 heavy (non-hydrogen) atoms. The second kappa shape index (κ2) is 9.61. The highest BCUT2D eigenvalue weighted by atomic mass is 32.1. The molecule has 176 valence electrons. The van der Waals surface area contributed by atoms with Gasteiger partial charge in [-0.25, -0.2) is 22.0 Å². The van der Waals surface area contributed by atoms with Crippen LogP contribution in [0, 0.1) is 42.9 Å². The first-order valence-corrected chi connectivity index (χ1v) is 9.84. The number of anilines is 2. The number of halogens is 5. The van der Waals surface area contributed by atoms with Gasteiger partial charge in [0.1, 0.15) is 0 Å². The summed E-state index contributed by atoms with van der Waals surface area (Å²) >= 11 is 5.31. The van der Waals surface area contributed by atoms with Gasteiger partial charge in [-0.15, -0.1) is 0 Å². The zero-order valence-corrected chi connectivity index (χ0v) is 18.8. The normalized spacial score (nSPS) is 10.8. The molecule has 12 heteroatoms. The molecule has 2 N–H and O–H groups in total.